The standard InChI is InChI=1S/C41H32N8O8S2/c1-24-7-5-6-10-32(24)43-31-19-20-33(34(50)23-31)47-44-29-15-11-25(12-16-29)26-13-17-30(18-14-26)46-48-39-35(58(52,53)54)21-27-22-36(59(55,56)57)40(41(51)37(27)38(39)42)49-45-28-8-3-2-4-9-28/h2-23,43,50-51H,42H2,1H3,(H,52,53,54)(H,55,56,57). The summed E-state index contributed by atoms with van der Waals surface area (Å²) in [5, 5.41) is 48.8. The number of rotatable bonds is 11. The number of phenols is 2. The summed E-state index contributed by atoms with van der Waals surface area (Å²) in [7, 11) is -10.1. The number of fused-ring (bicyclic) bond motifs is 1. The van der Waals surface area contributed by atoms with Crippen molar-refractivity contribution in [3.63, 3.8) is 0 Å². The first-order chi connectivity index (χ1) is 28.2. The molecule has 0 radical (unpaired) electrons. The first kappa shape index (κ1) is 39.8. The highest BCUT2D eigenvalue weighted by Gasteiger charge is 2.28. The molecule has 0 aliphatic carbocycles. The van der Waals surface area contributed by atoms with Gasteiger partial charge in [0.15, 0.2) is 5.75 Å². The van der Waals surface area contributed by atoms with Crippen molar-refractivity contribution in [2.75, 3.05) is 11.1 Å². The molecule has 0 saturated heterocycles. The van der Waals surface area contributed by atoms with Gasteiger partial charge in [0, 0.05) is 17.4 Å². The van der Waals surface area contributed by atoms with E-state index in [0.29, 0.717) is 17.1 Å². The van der Waals surface area contributed by atoms with Crippen molar-refractivity contribution in [1.82, 2.24) is 0 Å². The van der Waals surface area contributed by atoms with Crippen molar-refractivity contribution >= 4 is 82.2 Å². The Kier molecular flexibility index (Phi) is 11.0. The zero-order valence-electron chi connectivity index (χ0n) is 30.7. The Labute approximate surface area is 337 Å². The summed E-state index contributed by atoms with van der Waals surface area (Å²) in [5.74, 6) is -0.900. The molecular weight excluding hydrogens is 797 g/mol. The lowest BCUT2D eigenvalue weighted by atomic mass is 10.0. The Morgan fingerprint density at radius 2 is 1.07 bits per heavy atom. The zero-order valence-corrected chi connectivity index (χ0v) is 32.3. The van der Waals surface area contributed by atoms with Crippen LogP contribution in [-0.2, 0) is 20.2 Å². The second kappa shape index (κ2) is 16.2. The van der Waals surface area contributed by atoms with Crippen LogP contribution in [0.3, 0.4) is 0 Å². The van der Waals surface area contributed by atoms with Crippen molar-refractivity contribution in [1.29, 1.82) is 0 Å². The Morgan fingerprint density at radius 3 is 1.63 bits per heavy atom. The molecule has 0 fully saturated rings. The van der Waals surface area contributed by atoms with E-state index in [4.69, 9.17) is 5.73 Å². The number of hydrogen-bond acceptors (Lipinski definition) is 14. The van der Waals surface area contributed by atoms with E-state index in [9.17, 15) is 36.2 Å². The van der Waals surface area contributed by atoms with Gasteiger partial charge in [0.1, 0.15) is 32.6 Å². The minimum absolute atomic E-state index is 0.0398. The van der Waals surface area contributed by atoms with Crippen LogP contribution in [0.2, 0.25) is 0 Å². The number of benzene rings is 7. The van der Waals surface area contributed by atoms with E-state index in [1.165, 1.54) is 0 Å². The lowest BCUT2D eigenvalue weighted by molar-refractivity contribution is 0.472. The van der Waals surface area contributed by atoms with Crippen LogP contribution in [0.5, 0.6) is 11.5 Å². The summed E-state index contributed by atoms with van der Waals surface area (Å²) in [5.41, 5.74) is 10.2. The van der Waals surface area contributed by atoms with Gasteiger partial charge in [0.25, 0.3) is 20.2 Å². The van der Waals surface area contributed by atoms with Gasteiger partial charge in [-0.3, -0.25) is 9.11 Å². The van der Waals surface area contributed by atoms with E-state index in [1.54, 1.807) is 84.9 Å². The largest absolute Gasteiger partial charge is 0.506 e. The van der Waals surface area contributed by atoms with Crippen LogP contribution < -0.4 is 11.1 Å². The molecule has 7 N–H and O–H groups in total. The van der Waals surface area contributed by atoms with E-state index >= 15 is 0 Å². The summed E-state index contributed by atoms with van der Waals surface area (Å²) in [6.07, 6.45) is 0. The first-order valence-electron chi connectivity index (χ1n) is 17.4. The number of aryl methyl sites for hydroxylation is 1. The third-order valence-electron chi connectivity index (χ3n) is 8.90. The van der Waals surface area contributed by atoms with Gasteiger partial charge in [-0.25, -0.2) is 0 Å². The summed E-state index contributed by atoms with van der Waals surface area (Å²) < 4.78 is 69.7. The maximum atomic E-state index is 12.5. The van der Waals surface area contributed by atoms with Gasteiger partial charge in [-0.05, 0) is 95.7 Å². The fraction of sp³-hybridized carbons (Fsp3) is 0.0244. The Morgan fingerprint density at radius 1 is 0.559 bits per heavy atom. The Hall–Kier alpha value is -7.38. The van der Waals surface area contributed by atoms with Gasteiger partial charge in [0.2, 0.25) is 0 Å². The number of hydrogen-bond donors (Lipinski definition) is 6. The molecule has 16 nitrogen and oxygen atoms in total. The van der Waals surface area contributed by atoms with E-state index in [2.05, 4.69) is 36.0 Å². The number of nitrogens with one attached hydrogen (secondary N) is 1. The molecule has 296 valence electrons. The average Bonchev–Trinajstić information content (AvgIpc) is 3.20. The number of nitrogens with zero attached hydrogens (tertiary/aromatic N) is 6. The lowest BCUT2D eigenvalue weighted by Gasteiger charge is -2.14. The predicted molar refractivity (Wildman–Crippen MR) is 223 cm³/mol. The van der Waals surface area contributed by atoms with Crippen LogP contribution in [0.4, 0.5) is 51.2 Å². The highest BCUT2D eigenvalue weighted by atomic mass is 32.2. The smallest absolute Gasteiger partial charge is 0.296 e. The summed E-state index contributed by atoms with van der Waals surface area (Å²) in [6, 6.07) is 36.4. The summed E-state index contributed by atoms with van der Waals surface area (Å²) in [6.45, 7) is 1.99. The molecule has 0 bridgehead atoms. The minimum Gasteiger partial charge on any atom is -0.506 e. The molecule has 0 spiro atoms. The van der Waals surface area contributed by atoms with Gasteiger partial charge >= 0.3 is 0 Å². The van der Waals surface area contributed by atoms with Crippen LogP contribution in [0.1, 0.15) is 5.56 Å². The molecule has 18 heteroatoms. The molecule has 0 atom stereocenters. The highest BCUT2D eigenvalue weighted by molar-refractivity contribution is 7.86. The molecule has 59 heavy (non-hydrogen) atoms. The predicted octanol–water partition coefficient (Wildman–Crippen LogP) is 11.3. The van der Waals surface area contributed by atoms with E-state index in [0.717, 1.165) is 34.5 Å². The van der Waals surface area contributed by atoms with Crippen molar-refractivity contribution in [3.8, 4) is 22.6 Å². The second-order valence-electron chi connectivity index (χ2n) is 12.9. The van der Waals surface area contributed by atoms with Crippen LogP contribution in [0.15, 0.2) is 174 Å². The second-order valence-corrected chi connectivity index (χ2v) is 15.7. The molecule has 0 amide bonds. The maximum absolute atomic E-state index is 12.5. The summed E-state index contributed by atoms with van der Waals surface area (Å²) in [4.78, 5) is -1.74. The number of azo groups is 3. The third kappa shape index (κ3) is 8.95. The molecule has 0 aromatic heterocycles. The van der Waals surface area contributed by atoms with Gasteiger partial charge < -0.3 is 21.3 Å². The molecule has 0 heterocycles. The van der Waals surface area contributed by atoms with Crippen molar-refractivity contribution < 1.29 is 36.2 Å². The van der Waals surface area contributed by atoms with Crippen LogP contribution in [0, 0.1) is 6.92 Å². The average molecular weight is 829 g/mol. The van der Waals surface area contributed by atoms with Crippen molar-refractivity contribution in [2.45, 2.75) is 16.7 Å². The van der Waals surface area contributed by atoms with E-state index < -0.39 is 52.8 Å². The Bertz CT molecular complexity index is 3050. The monoisotopic (exact) mass is 828 g/mol. The normalized spacial score (nSPS) is 12.3. The fourth-order valence-electron chi connectivity index (χ4n) is 5.92. The lowest BCUT2D eigenvalue weighted by Crippen LogP contribution is -2.03. The number of aromatic hydroxyl groups is 2. The van der Waals surface area contributed by atoms with Crippen molar-refractivity contribution in [2.24, 2.45) is 30.7 Å². The zero-order chi connectivity index (χ0) is 41.9. The molecular formula is C41H32N8O8S2. The van der Waals surface area contributed by atoms with Gasteiger partial charge in [-0.1, -0.05) is 60.7 Å². The first-order valence-corrected chi connectivity index (χ1v) is 20.3. The molecule has 0 aliphatic heterocycles. The van der Waals surface area contributed by atoms with Crippen molar-refractivity contribution in [3.05, 3.63) is 139 Å². The highest BCUT2D eigenvalue weighted by Crippen LogP contribution is 2.48. The number of nitrogen functional groups attached to an aromatic ring is 1. The number of anilines is 3. The maximum Gasteiger partial charge on any atom is 0.296 e. The molecule has 0 unspecified atom stereocenters. The minimum atomic E-state index is -5.05. The fourth-order valence-corrected chi connectivity index (χ4v) is 7.25. The van der Waals surface area contributed by atoms with Crippen LogP contribution in [-0.4, -0.2) is 36.2 Å². The summed E-state index contributed by atoms with van der Waals surface area (Å²) >= 11 is 0. The third-order valence-corrected chi connectivity index (χ3v) is 10.6. The van der Waals surface area contributed by atoms with Crippen LogP contribution in [0.25, 0.3) is 21.9 Å². The van der Waals surface area contributed by atoms with Crippen LogP contribution >= 0.6 is 0 Å². The molecule has 7 aromatic rings. The molecule has 0 saturated carbocycles. The number of para-hydroxylation sites is 1. The van der Waals surface area contributed by atoms with Gasteiger partial charge in [-0.15, -0.1) is 15.3 Å². The molecule has 7 aromatic carbocycles. The Balaban J connectivity index is 1.12. The van der Waals surface area contributed by atoms with E-state index in [1.807, 2.05) is 43.3 Å². The molecule has 0 aliphatic rings. The SMILES string of the molecule is Cc1ccccc1Nc1ccc(N=Nc2ccc(-c3ccc(N=Nc4c(S(=O)(=O)O)cc5cc(S(=O)(=O)O)c(N=Nc6ccccc6)c(O)c5c4N)cc3)cc2)c(O)c1. The number of nitrogens with two attached hydrogens (primary N) is 1. The quantitative estimate of drug-likeness (QED) is 0.0408. The number of phenolic OH excluding ortho intramolecular Hbond substituents is 2. The van der Waals surface area contributed by atoms with E-state index in [-0.39, 0.29) is 27.9 Å². The molecule has 7 rings (SSSR count). The van der Waals surface area contributed by atoms with Gasteiger partial charge in [0.05, 0.1) is 28.1 Å². The van der Waals surface area contributed by atoms with Gasteiger partial charge in [-0.2, -0.15) is 32.2 Å². The topological polar surface area (TPSA) is 261 Å².